The van der Waals surface area contributed by atoms with Gasteiger partial charge in [0.25, 0.3) is 11.8 Å². The van der Waals surface area contributed by atoms with Crippen LogP contribution in [0.1, 0.15) is 27.0 Å². The van der Waals surface area contributed by atoms with Gasteiger partial charge in [-0.15, -0.1) is 11.3 Å². The third-order valence-corrected chi connectivity index (χ3v) is 6.22. The maximum atomic E-state index is 13.4. The molecule has 3 amide bonds. The zero-order valence-corrected chi connectivity index (χ0v) is 19.8. The van der Waals surface area contributed by atoms with Crippen LogP contribution in [0.3, 0.4) is 0 Å². The highest BCUT2D eigenvalue weighted by Gasteiger charge is 2.24. The SMILES string of the molecule is CCN(CC(=O)Nc1ccc2c(c1)OCCO2)C(=O)c1ccccc1N(C)C(=O)c1cccs1. The van der Waals surface area contributed by atoms with E-state index in [2.05, 4.69) is 5.32 Å². The van der Waals surface area contributed by atoms with Crippen molar-refractivity contribution >= 4 is 40.4 Å². The number of anilines is 2. The van der Waals surface area contributed by atoms with Gasteiger partial charge in [-0.25, -0.2) is 0 Å². The van der Waals surface area contributed by atoms with Crippen molar-refractivity contribution < 1.29 is 23.9 Å². The number of benzene rings is 2. The van der Waals surface area contributed by atoms with Crippen LogP contribution in [-0.4, -0.2) is 56.0 Å². The van der Waals surface area contributed by atoms with Crippen LogP contribution in [0.15, 0.2) is 60.0 Å². The Bertz CT molecular complexity index is 1200. The number of likely N-dealkylation sites (N-methyl/N-ethyl adjacent to an activating group) is 1. The minimum Gasteiger partial charge on any atom is -0.486 e. The van der Waals surface area contributed by atoms with Crippen LogP contribution in [0, 0.1) is 0 Å². The van der Waals surface area contributed by atoms with E-state index < -0.39 is 0 Å². The second kappa shape index (κ2) is 10.4. The summed E-state index contributed by atoms with van der Waals surface area (Å²) in [6.45, 7) is 2.93. The van der Waals surface area contributed by atoms with E-state index in [4.69, 9.17) is 9.47 Å². The molecule has 1 aromatic heterocycles. The van der Waals surface area contributed by atoms with Crippen LogP contribution >= 0.6 is 11.3 Å². The van der Waals surface area contributed by atoms with Gasteiger partial charge in [-0.3, -0.25) is 14.4 Å². The van der Waals surface area contributed by atoms with E-state index in [9.17, 15) is 14.4 Å². The maximum absolute atomic E-state index is 13.4. The number of carbonyl (C=O) groups is 3. The molecule has 2 aromatic carbocycles. The monoisotopic (exact) mass is 479 g/mol. The zero-order chi connectivity index (χ0) is 24.1. The molecule has 0 saturated carbocycles. The number of ether oxygens (including phenoxy) is 2. The molecule has 0 radical (unpaired) electrons. The van der Waals surface area contributed by atoms with Gasteiger partial charge in [-0.1, -0.05) is 18.2 Å². The van der Waals surface area contributed by atoms with Gasteiger partial charge in [0.15, 0.2) is 11.5 Å². The Morgan fingerprint density at radius 2 is 1.74 bits per heavy atom. The normalized spacial score (nSPS) is 12.1. The Hall–Kier alpha value is -3.85. The number of hydrogen-bond donors (Lipinski definition) is 1. The molecule has 4 rings (SSSR count). The number of rotatable bonds is 7. The van der Waals surface area contributed by atoms with E-state index in [0.717, 1.165) is 0 Å². The molecule has 2 heterocycles. The van der Waals surface area contributed by atoms with Gasteiger partial charge in [0.2, 0.25) is 5.91 Å². The molecule has 9 heteroatoms. The fourth-order valence-electron chi connectivity index (χ4n) is 3.61. The Labute approximate surface area is 201 Å². The largest absolute Gasteiger partial charge is 0.486 e. The predicted octanol–water partition coefficient (Wildman–Crippen LogP) is 3.90. The number of hydrogen-bond acceptors (Lipinski definition) is 6. The lowest BCUT2D eigenvalue weighted by molar-refractivity contribution is -0.116. The number of nitrogens with one attached hydrogen (secondary N) is 1. The first kappa shape index (κ1) is 23.3. The fourth-order valence-corrected chi connectivity index (χ4v) is 4.31. The summed E-state index contributed by atoms with van der Waals surface area (Å²) in [5, 5.41) is 4.64. The third-order valence-electron chi connectivity index (χ3n) is 5.36. The molecule has 1 N–H and O–H groups in total. The number of nitrogens with zero attached hydrogens (tertiary/aromatic N) is 2. The summed E-state index contributed by atoms with van der Waals surface area (Å²) >= 11 is 1.34. The van der Waals surface area contributed by atoms with Crippen LogP contribution in [-0.2, 0) is 4.79 Å². The molecule has 176 valence electrons. The van der Waals surface area contributed by atoms with Crippen LogP contribution in [0.25, 0.3) is 0 Å². The van der Waals surface area contributed by atoms with Crippen molar-refractivity contribution in [2.45, 2.75) is 6.92 Å². The highest BCUT2D eigenvalue weighted by atomic mass is 32.1. The number of amides is 3. The summed E-state index contributed by atoms with van der Waals surface area (Å²) in [5.41, 5.74) is 1.39. The average molecular weight is 480 g/mol. The first-order chi connectivity index (χ1) is 16.5. The van der Waals surface area contributed by atoms with Crippen LogP contribution in [0.5, 0.6) is 11.5 Å². The van der Waals surface area contributed by atoms with Crippen molar-refractivity contribution in [3.8, 4) is 11.5 Å². The summed E-state index contributed by atoms with van der Waals surface area (Å²) in [7, 11) is 1.64. The molecule has 0 saturated heterocycles. The molecule has 0 unspecified atom stereocenters. The molecule has 0 bridgehead atoms. The van der Waals surface area contributed by atoms with Gasteiger partial charge in [0.05, 0.1) is 16.1 Å². The third kappa shape index (κ3) is 5.04. The molecule has 1 aliphatic rings. The molecule has 0 aliphatic carbocycles. The molecule has 0 atom stereocenters. The minimum atomic E-state index is -0.340. The van der Waals surface area contributed by atoms with E-state index in [1.807, 2.05) is 11.4 Å². The summed E-state index contributed by atoms with van der Waals surface area (Å²) in [6, 6.07) is 15.6. The van der Waals surface area contributed by atoms with Crippen molar-refractivity contribution in [2.75, 3.05) is 43.6 Å². The number of thiophene rings is 1. The predicted molar refractivity (Wildman–Crippen MR) is 131 cm³/mol. The summed E-state index contributed by atoms with van der Waals surface area (Å²) < 4.78 is 11.1. The van der Waals surface area contributed by atoms with E-state index in [1.54, 1.807) is 62.5 Å². The highest BCUT2D eigenvalue weighted by Crippen LogP contribution is 2.32. The van der Waals surface area contributed by atoms with Gasteiger partial charge in [-0.2, -0.15) is 0 Å². The van der Waals surface area contributed by atoms with Crippen molar-refractivity contribution in [3.63, 3.8) is 0 Å². The summed E-state index contributed by atoms with van der Waals surface area (Å²) in [5.74, 6) is 0.329. The first-order valence-corrected chi connectivity index (χ1v) is 11.7. The smallest absolute Gasteiger partial charge is 0.268 e. The van der Waals surface area contributed by atoms with Gasteiger partial charge < -0.3 is 24.6 Å². The minimum absolute atomic E-state index is 0.138. The van der Waals surface area contributed by atoms with Crippen molar-refractivity contribution in [1.82, 2.24) is 4.90 Å². The van der Waals surface area contributed by atoms with E-state index in [0.29, 0.717) is 53.1 Å². The second-order valence-corrected chi connectivity index (χ2v) is 8.53. The molecule has 1 aliphatic heterocycles. The van der Waals surface area contributed by atoms with Crippen molar-refractivity contribution in [2.24, 2.45) is 0 Å². The lowest BCUT2D eigenvalue weighted by atomic mass is 10.1. The maximum Gasteiger partial charge on any atom is 0.268 e. The highest BCUT2D eigenvalue weighted by molar-refractivity contribution is 7.12. The number of para-hydroxylation sites is 1. The Kier molecular flexibility index (Phi) is 7.12. The zero-order valence-electron chi connectivity index (χ0n) is 18.9. The lowest BCUT2D eigenvalue weighted by Gasteiger charge is -2.25. The molecule has 3 aromatic rings. The Morgan fingerprint density at radius 1 is 0.971 bits per heavy atom. The van der Waals surface area contributed by atoms with Crippen LogP contribution < -0.4 is 19.7 Å². The van der Waals surface area contributed by atoms with Gasteiger partial charge in [0, 0.05) is 25.3 Å². The van der Waals surface area contributed by atoms with Gasteiger partial charge in [-0.05, 0) is 42.6 Å². The number of carbonyl (C=O) groups excluding carboxylic acids is 3. The van der Waals surface area contributed by atoms with Crippen molar-refractivity contribution in [3.05, 3.63) is 70.4 Å². The lowest BCUT2D eigenvalue weighted by Crippen LogP contribution is -2.39. The van der Waals surface area contributed by atoms with Crippen LogP contribution in [0.4, 0.5) is 11.4 Å². The topological polar surface area (TPSA) is 88.2 Å². The Morgan fingerprint density at radius 3 is 2.47 bits per heavy atom. The molecular weight excluding hydrogens is 454 g/mol. The first-order valence-electron chi connectivity index (χ1n) is 10.9. The van der Waals surface area contributed by atoms with Gasteiger partial charge >= 0.3 is 0 Å². The van der Waals surface area contributed by atoms with Gasteiger partial charge in [0.1, 0.15) is 19.8 Å². The molecular formula is C25H25N3O5S. The van der Waals surface area contributed by atoms with E-state index >= 15 is 0 Å². The summed E-state index contributed by atoms with van der Waals surface area (Å²) in [4.78, 5) is 42.4. The second-order valence-electron chi connectivity index (χ2n) is 7.58. The molecule has 34 heavy (non-hydrogen) atoms. The van der Waals surface area contributed by atoms with E-state index in [-0.39, 0.29) is 24.3 Å². The quantitative estimate of drug-likeness (QED) is 0.555. The fraction of sp³-hybridized carbons (Fsp3) is 0.240. The standard InChI is InChI=1S/C25H25N3O5S/c1-3-28(16-23(29)26-17-10-11-20-21(15-17)33-13-12-32-20)24(30)18-7-4-5-8-19(18)27(2)25(31)22-9-6-14-34-22/h4-11,14-15H,3,12-13,16H2,1-2H3,(H,26,29). The summed E-state index contributed by atoms with van der Waals surface area (Å²) in [6.07, 6.45) is 0. The van der Waals surface area contributed by atoms with E-state index in [1.165, 1.54) is 21.1 Å². The molecule has 0 spiro atoms. The average Bonchev–Trinajstić information content (AvgIpc) is 3.41. The van der Waals surface area contributed by atoms with Crippen molar-refractivity contribution in [1.29, 1.82) is 0 Å². The molecule has 8 nitrogen and oxygen atoms in total. The van der Waals surface area contributed by atoms with Crippen LogP contribution in [0.2, 0.25) is 0 Å². The number of fused-ring (bicyclic) bond motifs is 1. The Balaban J connectivity index is 1.47. The molecule has 0 fully saturated rings.